The zero-order chi connectivity index (χ0) is 17.2. The molecule has 4 heteroatoms. The van der Waals surface area contributed by atoms with E-state index in [0.29, 0.717) is 5.92 Å². The number of benzene rings is 2. The normalized spacial score (nSPS) is 21.0. The van der Waals surface area contributed by atoms with Crippen LogP contribution in [0.25, 0.3) is 11.1 Å². The van der Waals surface area contributed by atoms with E-state index in [9.17, 15) is 13.2 Å². The third kappa shape index (κ3) is 3.92. The summed E-state index contributed by atoms with van der Waals surface area (Å²) in [5.74, 6) is 1.22. The molecule has 2 atom stereocenters. The Labute approximate surface area is 140 Å². The number of alkyl halides is 3. The Morgan fingerprint density at radius 1 is 0.917 bits per heavy atom. The van der Waals surface area contributed by atoms with Gasteiger partial charge in [0, 0.05) is 0 Å². The lowest BCUT2D eigenvalue weighted by Crippen LogP contribution is -2.16. The summed E-state index contributed by atoms with van der Waals surface area (Å²) in [7, 11) is 0. The van der Waals surface area contributed by atoms with Crippen molar-refractivity contribution >= 4 is 0 Å². The quantitative estimate of drug-likeness (QED) is 0.616. The molecule has 1 saturated carbocycles. The average Bonchev–Trinajstić information content (AvgIpc) is 3.03. The maximum absolute atomic E-state index is 12.2. The minimum absolute atomic E-state index is 0.195. The fourth-order valence-corrected chi connectivity index (χ4v) is 3.74. The summed E-state index contributed by atoms with van der Waals surface area (Å²) in [4.78, 5) is 0. The molecule has 0 bridgehead atoms. The molecule has 0 amide bonds. The van der Waals surface area contributed by atoms with E-state index in [4.69, 9.17) is 0 Å². The van der Waals surface area contributed by atoms with Crippen molar-refractivity contribution in [3.8, 4) is 16.9 Å². The van der Waals surface area contributed by atoms with Crippen LogP contribution in [0.3, 0.4) is 0 Å². The van der Waals surface area contributed by atoms with Crippen LogP contribution in [-0.4, -0.2) is 6.36 Å². The van der Waals surface area contributed by atoms with Crippen molar-refractivity contribution in [2.24, 2.45) is 5.92 Å². The molecule has 0 aromatic heterocycles. The standard InChI is InChI=1S/C20H21F3O/c1-2-14-4-3-5-19(14)17-8-6-15(7-9-17)16-10-12-18(13-11-16)24-20(21,22)23/h6-14,19H,2-5H2,1H3. The number of rotatable bonds is 4. The zero-order valence-electron chi connectivity index (χ0n) is 13.6. The van der Waals surface area contributed by atoms with E-state index in [1.807, 2.05) is 0 Å². The Hall–Kier alpha value is -1.97. The first kappa shape index (κ1) is 16.9. The second kappa shape index (κ2) is 6.88. The molecule has 2 unspecified atom stereocenters. The zero-order valence-corrected chi connectivity index (χ0v) is 13.6. The first-order valence-corrected chi connectivity index (χ1v) is 8.42. The van der Waals surface area contributed by atoms with Gasteiger partial charge in [-0.25, -0.2) is 0 Å². The van der Waals surface area contributed by atoms with Crippen molar-refractivity contribution in [3.05, 3.63) is 54.1 Å². The molecule has 2 aromatic carbocycles. The van der Waals surface area contributed by atoms with Gasteiger partial charge in [0.15, 0.2) is 0 Å². The molecule has 1 aliphatic rings. The molecule has 0 spiro atoms. The van der Waals surface area contributed by atoms with Gasteiger partial charge in [-0.3, -0.25) is 0 Å². The topological polar surface area (TPSA) is 9.23 Å². The van der Waals surface area contributed by atoms with Crippen LogP contribution < -0.4 is 4.74 Å². The molecule has 0 heterocycles. The third-order valence-electron chi connectivity index (χ3n) is 4.94. The van der Waals surface area contributed by atoms with Gasteiger partial charge in [-0.15, -0.1) is 13.2 Å². The van der Waals surface area contributed by atoms with Crippen LogP contribution in [0.2, 0.25) is 0 Å². The van der Waals surface area contributed by atoms with Gasteiger partial charge in [0.1, 0.15) is 5.75 Å². The Morgan fingerprint density at radius 2 is 1.50 bits per heavy atom. The Morgan fingerprint density at radius 3 is 2.04 bits per heavy atom. The van der Waals surface area contributed by atoms with Gasteiger partial charge in [-0.05, 0) is 53.5 Å². The second-order valence-corrected chi connectivity index (χ2v) is 6.40. The minimum Gasteiger partial charge on any atom is -0.406 e. The number of hydrogen-bond acceptors (Lipinski definition) is 1. The van der Waals surface area contributed by atoms with Gasteiger partial charge in [0.25, 0.3) is 0 Å². The van der Waals surface area contributed by atoms with Crippen molar-refractivity contribution in [2.45, 2.75) is 44.9 Å². The van der Waals surface area contributed by atoms with Gasteiger partial charge in [-0.1, -0.05) is 56.2 Å². The SMILES string of the molecule is CCC1CCCC1c1ccc(-c2ccc(OC(F)(F)F)cc2)cc1. The molecule has 1 nitrogen and oxygen atoms in total. The molecule has 3 rings (SSSR count). The van der Waals surface area contributed by atoms with E-state index < -0.39 is 6.36 Å². The van der Waals surface area contributed by atoms with Crippen molar-refractivity contribution in [2.75, 3.05) is 0 Å². The molecule has 0 aliphatic heterocycles. The molecule has 0 radical (unpaired) electrons. The van der Waals surface area contributed by atoms with Crippen molar-refractivity contribution < 1.29 is 17.9 Å². The molecule has 0 saturated heterocycles. The van der Waals surface area contributed by atoms with E-state index in [1.165, 1.54) is 43.4 Å². The first-order valence-electron chi connectivity index (χ1n) is 8.42. The third-order valence-corrected chi connectivity index (χ3v) is 4.94. The van der Waals surface area contributed by atoms with Crippen molar-refractivity contribution in [3.63, 3.8) is 0 Å². The van der Waals surface area contributed by atoms with Crippen LogP contribution in [0.5, 0.6) is 5.75 Å². The molecule has 2 aromatic rings. The van der Waals surface area contributed by atoms with E-state index in [1.54, 1.807) is 12.1 Å². The fraction of sp³-hybridized carbons (Fsp3) is 0.400. The molecule has 128 valence electrons. The van der Waals surface area contributed by atoms with Gasteiger partial charge in [0.2, 0.25) is 0 Å². The largest absolute Gasteiger partial charge is 0.573 e. The lowest BCUT2D eigenvalue weighted by Gasteiger charge is -2.18. The predicted molar refractivity (Wildman–Crippen MR) is 88.9 cm³/mol. The maximum atomic E-state index is 12.2. The molecule has 24 heavy (non-hydrogen) atoms. The lowest BCUT2D eigenvalue weighted by molar-refractivity contribution is -0.274. The Balaban J connectivity index is 1.73. The Bertz CT molecular complexity index is 659. The molecular weight excluding hydrogens is 313 g/mol. The lowest BCUT2D eigenvalue weighted by atomic mass is 9.86. The summed E-state index contributed by atoms with van der Waals surface area (Å²) >= 11 is 0. The summed E-state index contributed by atoms with van der Waals surface area (Å²) < 4.78 is 40.5. The van der Waals surface area contributed by atoms with E-state index >= 15 is 0 Å². The van der Waals surface area contributed by atoms with E-state index in [2.05, 4.69) is 35.9 Å². The maximum Gasteiger partial charge on any atom is 0.573 e. The van der Waals surface area contributed by atoms with Crippen LogP contribution in [0.4, 0.5) is 13.2 Å². The second-order valence-electron chi connectivity index (χ2n) is 6.40. The predicted octanol–water partition coefficient (Wildman–Crippen LogP) is 6.55. The highest BCUT2D eigenvalue weighted by Gasteiger charge is 2.31. The number of halogens is 3. The molecule has 0 N–H and O–H groups in total. The molecular formula is C20H21F3O. The number of hydrogen-bond donors (Lipinski definition) is 0. The van der Waals surface area contributed by atoms with Crippen molar-refractivity contribution in [1.82, 2.24) is 0 Å². The average molecular weight is 334 g/mol. The smallest absolute Gasteiger partial charge is 0.406 e. The highest BCUT2D eigenvalue weighted by atomic mass is 19.4. The minimum atomic E-state index is -4.65. The monoisotopic (exact) mass is 334 g/mol. The van der Waals surface area contributed by atoms with Gasteiger partial charge >= 0.3 is 6.36 Å². The van der Waals surface area contributed by atoms with Crippen LogP contribution in [0.15, 0.2) is 48.5 Å². The van der Waals surface area contributed by atoms with Crippen LogP contribution >= 0.6 is 0 Å². The van der Waals surface area contributed by atoms with Crippen LogP contribution in [0, 0.1) is 5.92 Å². The summed E-state index contributed by atoms with van der Waals surface area (Å²) in [5, 5.41) is 0. The summed E-state index contributed by atoms with van der Waals surface area (Å²) in [6, 6.07) is 14.4. The van der Waals surface area contributed by atoms with Gasteiger partial charge in [-0.2, -0.15) is 0 Å². The van der Waals surface area contributed by atoms with Gasteiger partial charge in [0.05, 0.1) is 0 Å². The summed E-state index contributed by atoms with van der Waals surface area (Å²) in [6.07, 6.45) is 0.420. The van der Waals surface area contributed by atoms with Crippen LogP contribution in [0.1, 0.15) is 44.1 Å². The van der Waals surface area contributed by atoms with E-state index in [0.717, 1.165) is 17.0 Å². The molecule has 1 fully saturated rings. The van der Waals surface area contributed by atoms with E-state index in [-0.39, 0.29) is 5.75 Å². The summed E-state index contributed by atoms with van der Waals surface area (Å²) in [6.45, 7) is 2.25. The highest BCUT2D eigenvalue weighted by Crippen LogP contribution is 2.41. The summed E-state index contributed by atoms with van der Waals surface area (Å²) in [5.41, 5.74) is 3.26. The number of ether oxygens (including phenoxy) is 1. The van der Waals surface area contributed by atoms with Crippen LogP contribution in [-0.2, 0) is 0 Å². The Kier molecular flexibility index (Phi) is 4.83. The van der Waals surface area contributed by atoms with Gasteiger partial charge < -0.3 is 4.74 Å². The molecule has 1 aliphatic carbocycles. The first-order chi connectivity index (χ1) is 11.5. The highest BCUT2D eigenvalue weighted by molar-refractivity contribution is 5.64. The fourth-order valence-electron chi connectivity index (χ4n) is 3.74. The van der Waals surface area contributed by atoms with Crippen molar-refractivity contribution in [1.29, 1.82) is 0 Å².